The number of aryl methyl sites for hydroxylation is 1. The van der Waals surface area contributed by atoms with Crippen molar-refractivity contribution in [2.75, 3.05) is 17.2 Å². The van der Waals surface area contributed by atoms with Crippen LogP contribution in [0.25, 0.3) is 6.08 Å². The summed E-state index contributed by atoms with van der Waals surface area (Å²) >= 11 is 8.87. The maximum Gasteiger partial charge on any atom is 0.341 e. The van der Waals surface area contributed by atoms with Gasteiger partial charge >= 0.3 is 5.97 Å². The molecule has 1 unspecified atom stereocenters. The molecule has 0 bridgehead atoms. The van der Waals surface area contributed by atoms with Crippen LogP contribution in [0.2, 0.25) is 5.02 Å². The molecular formula is C37H36ClN3O5S2. The van der Waals surface area contributed by atoms with Gasteiger partial charge in [0.05, 0.1) is 17.4 Å². The van der Waals surface area contributed by atoms with Gasteiger partial charge < -0.3 is 20.7 Å². The molecule has 3 N–H and O–H groups in total. The Hall–Kier alpha value is -4.38. The molecule has 0 saturated heterocycles. The highest BCUT2D eigenvalue weighted by atomic mass is 35.5. The van der Waals surface area contributed by atoms with E-state index in [-0.39, 0.29) is 18.2 Å². The van der Waals surface area contributed by atoms with Crippen molar-refractivity contribution in [3.63, 3.8) is 0 Å². The first kappa shape index (κ1) is 34.9. The molecule has 4 aromatic rings. The molecule has 11 heteroatoms. The zero-order chi connectivity index (χ0) is 34.0. The Kier molecular flexibility index (Phi) is 12.1. The van der Waals surface area contributed by atoms with Crippen LogP contribution in [0.1, 0.15) is 69.8 Å². The Bertz CT molecular complexity index is 1820. The van der Waals surface area contributed by atoms with Gasteiger partial charge in [0.15, 0.2) is 0 Å². The number of hydrogen-bond acceptors (Lipinski definition) is 7. The standard InChI is InChI=1S/C37H36ClN3O5S2/c1-3-30(35(44)41-36-32(37(45)46-4-2)28-15-8-9-16-31(28)48-36)47-27-14-10-13-26(22-27)39-34(43)29(21-23-17-19-25(38)20-18-23)40-33(42)24-11-6-5-7-12-24/h5-7,10-14,17-22,30H,3-4,8-9,15-16H2,1-2H3,(H,39,43)(H,40,42)(H,41,44)/b29-21+. The van der Waals surface area contributed by atoms with E-state index in [1.807, 2.05) is 13.0 Å². The van der Waals surface area contributed by atoms with E-state index in [9.17, 15) is 19.2 Å². The molecule has 0 fully saturated rings. The monoisotopic (exact) mass is 701 g/mol. The molecule has 1 aliphatic rings. The summed E-state index contributed by atoms with van der Waals surface area (Å²) in [7, 11) is 0. The molecule has 3 amide bonds. The summed E-state index contributed by atoms with van der Waals surface area (Å²) in [6, 6.07) is 22.7. The van der Waals surface area contributed by atoms with E-state index in [4.69, 9.17) is 16.3 Å². The number of benzene rings is 3. The van der Waals surface area contributed by atoms with E-state index in [2.05, 4.69) is 16.0 Å². The number of carbonyl (C=O) groups is 4. The van der Waals surface area contributed by atoms with E-state index in [0.29, 0.717) is 38.8 Å². The van der Waals surface area contributed by atoms with Crippen molar-refractivity contribution in [3.8, 4) is 0 Å². The normalized spacial score (nSPS) is 13.2. The molecule has 3 aromatic carbocycles. The topological polar surface area (TPSA) is 114 Å². The quantitative estimate of drug-likeness (QED) is 0.0777. The van der Waals surface area contributed by atoms with Crippen molar-refractivity contribution >= 4 is 75.2 Å². The summed E-state index contributed by atoms with van der Waals surface area (Å²) in [5.74, 6) is -1.56. The zero-order valence-corrected chi connectivity index (χ0v) is 29.0. The molecule has 1 aromatic heterocycles. The summed E-state index contributed by atoms with van der Waals surface area (Å²) in [5.41, 5.74) is 3.10. The molecule has 1 heterocycles. The number of fused-ring (bicyclic) bond motifs is 1. The lowest BCUT2D eigenvalue weighted by Gasteiger charge is -2.16. The van der Waals surface area contributed by atoms with Crippen molar-refractivity contribution in [2.24, 2.45) is 0 Å². The second-order valence-corrected chi connectivity index (χ2v) is 13.9. The number of amides is 3. The number of thioether (sulfide) groups is 1. The molecule has 5 rings (SSSR count). The highest BCUT2D eigenvalue weighted by Crippen LogP contribution is 2.39. The molecule has 8 nitrogen and oxygen atoms in total. The van der Waals surface area contributed by atoms with Gasteiger partial charge in [-0.15, -0.1) is 23.1 Å². The molecule has 0 spiro atoms. The Morgan fingerprint density at radius 2 is 1.69 bits per heavy atom. The first-order valence-corrected chi connectivity index (χ1v) is 17.9. The fraction of sp³-hybridized carbons (Fsp3) is 0.243. The number of carbonyl (C=O) groups excluding carboxylic acids is 4. The molecule has 0 saturated carbocycles. The average Bonchev–Trinajstić information content (AvgIpc) is 3.46. The number of hydrogen-bond donors (Lipinski definition) is 3. The minimum atomic E-state index is -0.519. The SMILES string of the molecule is CCOC(=O)c1c(NC(=O)C(CC)Sc2cccc(NC(=O)/C(=C\c3ccc(Cl)cc3)NC(=O)c3ccccc3)c2)sc2c1CCCC2. The number of rotatable bonds is 12. The van der Waals surface area contributed by atoms with Crippen LogP contribution in [0.3, 0.4) is 0 Å². The minimum Gasteiger partial charge on any atom is -0.462 e. The van der Waals surface area contributed by atoms with E-state index in [0.717, 1.165) is 41.0 Å². The van der Waals surface area contributed by atoms with Gasteiger partial charge in [0.2, 0.25) is 5.91 Å². The van der Waals surface area contributed by atoms with Crippen molar-refractivity contribution in [2.45, 2.75) is 56.1 Å². The summed E-state index contributed by atoms with van der Waals surface area (Å²) in [4.78, 5) is 54.9. The van der Waals surface area contributed by atoms with Gasteiger partial charge in [0, 0.05) is 26.0 Å². The van der Waals surface area contributed by atoms with Gasteiger partial charge in [0.1, 0.15) is 10.7 Å². The van der Waals surface area contributed by atoms with Crippen LogP contribution in [0, 0.1) is 0 Å². The highest BCUT2D eigenvalue weighted by molar-refractivity contribution is 8.00. The lowest BCUT2D eigenvalue weighted by atomic mass is 9.95. The molecule has 1 atom stereocenters. The number of esters is 1. The Labute approximate surface area is 293 Å². The summed E-state index contributed by atoms with van der Waals surface area (Å²) in [6.45, 7) is 3.96. The second-order valence-electron chi connectivity index (χ2n) is 11.1. The minimum absolute atomic E-state index is 0.0473. The fourth-order valence-corrected chi connectivity index (χ4v) is 7.69. The van der Waals surface area contributed by atoms with Gasteiger partial charge in [-0.2, -0.15) is 0 Å². The maximum absolute atomic E-state index is 13.6. The van der Waals surface area contributed by atoms with Gasteiger partial charge in [-0.3, -0.25) is 14.4 Å². The highest BCUT2D eigenvalue weighted by Gasteiger charge is 2.29. The maximum atomic E-state index is 13.6. The molecule has 48 heavy (non-hydrogen) atoms. The number of anilines is 2. The first-order valence-electron chi connectivity index (χ1n) is 15.8. The zero-order valence-electron chi connectivity index (χ0n) is 26.6. The van der Waals surface area contributed by atoms with Gasteiger partial charge in [-0.05, 0) is 98.7 Å². The predicted molar refractivity (Wildman–Crippen MR) is 194 cm³/mol. The fourth-order valence-electron chi connectivity index (χ4n) is 5.27. The van der Waals surface area contributed by atoms with Crippen molar-refractivity contribution in [1.82, 2.24) is 5.32 Å². The summed E-state index contributed by atoms with van der Waals surface area (Å²) in [5, 5.41) is 9.28. The second kappa shape index (κ2) is 16.6. The van der Waals surface area contributed by atoms with Crippen LogP contribution >= 0.6 is 34.7 Å². The van der Waals surface area contributed by atoms with Crippen LogP contribution in [0.4, 0.5) is 10.7 Å². The number of ether oxygens (including phenoxy) is 1. The Morgan fingerprint density at radius 3 is 2.42 bits per heavy atom. The number of nitrogens with one attached hydrogen (secondary N) is 3. The van der Waals surface area contributed by atoms with Crippen molar-refractivity contribution in [1.29, 1.82) is 0 Å². The van der Waals surface area contributed by atoms with Crippen molar-refractivity contribution in [3.05, 3.63) is 117 Å². The molecule has 248 valence electrons. The van der Waals surface area contributed by atoms with Crippen molar-refractivity contribution < 1.29 is 23.9 Å². The van der Waals surface area contributed by atoms with Crippen LogP contribution in [-0.2, 0) is 27.2 Å². The number of thiophene rings is 1. The van der Waals surface area contributed by atoms with Crippen LogP contribution < -0.4 is 16.0 Å². The Morgan fingerprint density at radius 1 is 0.938 bits per heavy atom. The van der Waals surface area contributed by atoms with E-state index in [1.165, 1.54) is 23.1 Å². The van der Waals surface area contributed by atoms with Gasteiger partial charge in [-0.25, -0.2) is 4.79 Å². The molecule has 1 aliphatic carbocycles. The first-order chi connectivity index (χ1) is 23.2. The van der Waals surface area contributed by atoms with Gasteiger partial charge in [0.25, 0.3) is 11.8 Å². The van der Waals surface area contributed by atoms with Crippen LogP contribution in [0.15, 0.2) is 89.5 Å². The third kappa shape index (κ3) is 8.94. The number of halogens is 1. The Balaban J connectivity index is 1.31. The molecule has 0 aliphatic heterocycles. The van der Waals surface area contributed by atoms with Crippen LogP contribution in [0.5, 0.6) is 0 Å². The lowest BCUT2D eigenvalue weighted by molar-refractivity contribution is -0.116. The van der Waals surface area contributed by atoms with Gasteiger partial charge in [-0.1, -0.05) is 54.9 Å². The summed E-state index contributed by atoms with van der Waals surface area (Å²) < 4.78 is 5.34. The third-order valence-corrected chi connectivity index (χ3v) is 10.4. The predicted octanol–water partition coefficient (Wildman–Crippen LogP) is 8.38. The average molecular weight is 702 g/mol. The van der Waals surface area contributed by atoms with E-state index in [1.54, 1.807) is 85.8 Å². The third-order valence-electron chi connectivity index (χ3n) is 7.63. The van der Waals surface area contributed by atoms with E-state index < -0.39 is 23.0 Å². The van der Waals surface area contributed by atoms with E-state index >= 15 is 0 Å². The largest absolute Gasteiger partial charge is 0.462 e. The lowest BCUT2D eigenvalue weighted by Crippen LogP contribution is -2.30. The smallest absolute Gasteiger partial charge is 0.341 e. The molecular weight excluding hydrogens is 666 g/mol. The molecule has 0 radical (unpaired) electrons. The van der Waals surface area contributed by atoms with Crippen LogP contribution in [-0.4, -0.2) is 35.5 Å². The summed E-state index contributed by atoms with van der Waals surface area (Å²) in [6.07, 6.45) is 5.86.